The molecule has 3 unspecified atom stereocenters. The van der Waals surface area contributed by atoms with E-state index < -0.39 is 12.1 Å². The van der Waals surface area contributed by atoms with Crippen molar-refractivity contribution in [2.75, 3.05) is 13.2 Å². The van der Waals surface area contributed by atoms with Crippen molar-refractivity contribution in [2.45, 2.75) is 39.0 Å². The first-order valence-corrected chi connectivity index (χ1v) is 7.32. The number of rotatable bonds is 5. The highest BCUT2D eigenvalue weighted by Gasteiger charge is 2.39. The number of hydrogen-bond donors (Lipinski definition) is 1. The minimum Gasteiger partial charge on any atom is -0.377 e. The quantitative estimate of drug-likeness (QED) is 0.894. The standard InChI is InChI=1S/C16H22N2O3/c1-4-21-11(2)10-18-12(3)15(19)17-14(16(18)20)13-8-6-5-7-9-13/h5-9,11-12,14H,4,10H2,1-3H3,(H,17,19). The molecule has 1 aliphatic rings. The van der Waals surface area contributed by atoms with Gasteiger partial charge in [0.15, 0.2) is 0 Å². The van der Waals surface area contributed by atoms with E-state index in [1.165, 1.54) is 0 Å². The number of benzene rings is 1. The molecule has 0 saturated carbocycles. The molecule has 1 N–H and O–H groups in total. The van der Waals surface area contributed by atoms with Crippen LogP contribution in [0, 0.1) is 0 Å². The van der Waals surface area contributed by atoms with Gasteiger partial charge < -0.3 is 15.0 Å². The predicted molar refractivity (Wildman–Crippen MR) is 79.6 cm³/mol. The average molecular weight is 290 g/mol. The number of carbonyl (C=O) groups excluding carboxylic acids is 2. The second-order valence-corrected chi connectivity index (χ2v) is 5.28. The molecule has 1 heterocycles. The maximum absolute atomic E-state index is 12.7. The van der Waals surface area contributed by atoms with E-state index in [0.29, 0.717) is 13.2 Å². The molecule has 2 amide bonds. The van der Waals surface area contributed by atoms with Gasteiger partial charge in [0.1, 0.15) is 12.1 Å². The van der Waals surface area contributed by atoms with Gasteiger partial charge in [-0.3, -0.25) is 9.59 Å². The summed E-state index contributed by atoms with van der Waals surface area (Å²) in [4.78, 5) is 26.4. The molecule has 1 aliphatic heterocycles. The van der Waals surface area contributed by atoms with Crippen molar-refractivity contribution in [1.82, 2.24) is 10.2 Å². The predicted octanol–water partition coefficient (Wildman–Crippen LogP) is 1.50. The Labute approximate surface area is 125 Å². The van der Waals surface area contributed by atoms with E-state index in [-0.39, 0.29) is 17.9 Å². The highest BCUT2D eigenvalue weighted by molar-refractivity contribution is 5.97. The van der Waals surface area contributed by atoms with Crippen LogP contribution in [0.1, 0.15) is 32.4 Å². The number of hydrogen-bond acceptors (Lipinski definition) is 3. The molecule has 0 aromatic heterocycles. The Morgan fingerprint density at radius 3 is 2.57 bits per heavy atom. The number of amides is 2. The van der Waals surface area contributed by atoms with Gasteiger partial charge in [0, 0.05) is 13.2 Å². The monoisotopic (exact) mass is 290 g/mol. The number of nitrogens with one attached hydrogen (secondary N) is 1. The fraction of sp³-hybridized carbons (Fsp3) is 0.500. The maximum Gasteiger partial charge on any atom is 0.250 e. The summed E-state index contributed by atoms with van der Waals surface area (Å²) in [6.07, 6.45) is -0.0938. The van der Waals surface area contributed by atoms with Crippen LogP contribution in [-0.2, 0) is 14.3 Å². The zero-order valence-electron chi connectivity index (χ0n) is 12.7. The van der Waals surface area contributed by atoms with Crippen molar-refractivity contribution in [3.63, 3.8) is 0 Å². The Morgan fingerprint density at radius 1 is 1.29 bits per heavy atom. The summed E-state index contributed by atoms with van der Waals surface area (Å²) in [5.74, 6) is -0.216. The lowest BCUT2D eigenvalue weighted by atomic mass is 10.0. The lowest BCUT2D eigenvalue weighted by Crippen LogP contribution is -2.59. The molecule has 114 valence electrons. The third-order valence-electron chi connectivity index (χ3n) is 3.70. The molecule has 1 saturated heterocycles. The molecule has 21 heavy (non-hydrogen) atoms. The first-order valence-electron chi connectivity index (χ1n) is 7.32. The first-order chi connectivity index (χ1) is 10.0. The van der Waals surface area contributed by atoms with Gasteiger partial charge in [0.25, 0.3) is 5.91 Å². The molecule has 1 aromatic carbocycles. The Morgan fingerprint density at radius 2 is 1.95 bits per heavy atom. The van der Waals surface area contributed by atoms with E-state index in [2.05, 4.69) is 5.32 Å². The molecule has 0 radical (unpaired) electrons. The smallest absolute Gasteiger partial charge is 0.250 e. The van der Waals surface area contributed by atoms with Crippen molar-refractivity contribution in [2.24, 2.45) is 0 Å². The van der Waals surface area contributed by atoms with Crippen molar-refractivity contribution in [1.29, 1.82) is 0 Å². The third-order valence-corrected chi connectivity index (χ3v) is 3.70. The van der Waals surface area contributed by atoms with Crippen molar-refractivity contribution in [3.05, 3.63) is 35.9 Å². The average Bonchev–Trinajstić information content (AvgIpc) is 2.48. The topological polar surface area (TPSA) is 58.6 Å². The van der Waals surface area contributed by atoms with Crippen LogP contribution in [0.3, 0.4) is 0 Å². The zero-order valence-corrected chi connectivity index (χ0v) is 12.7. The fourth-order valence-corrected chi connectivity index (χ4v) is 2.56. The summed E-state index contributed by atoms with van der Waals surface area (Å²) in [6.45, 7) is 6.58. The van der Waals surface area contributed by atoms with Gasteiger partial charge in [0.2, 0.25) is 5.91 Å². The van der Waals surface area contributed by atoms with Gasteiger partial charge in [-0.1, -0.05) is 30.3 Å². The van der Waals surface area contributed by atoms with Gasteiger partial charge >= 0.3 is 0 Å². The Hall–Kier alpha value is -1.88. The van der Waals surface area contributed by atoms with Crippen molar-refractivity contribution in [3.8, 4) is 0 Å². The normalized spacial score (nSPS) is 23.9. The van der Waals surface area contributed by atoms with E-state index in [9.17, 15) is 9.59 Å². The van der Waals surface area contributed by atoms with E-state index in [1.807, 2.05) is 44.2 Å². The molecular weight excluding hydrogens is 268 g/mol. The van der Waals surface area contributed by atoms with Gasteiger partial charge in [-0.2, -0.15) is 0 Å². The molecule has 0 spiro atoms. The number of ether oxygens (including phenoxy) is 1. The molecule has 0 bridgehead atoms. The van der Waals surface area contributed by atoms with Crippen LogP contribution in [0.4, 0.5) is 0 Å². The molecule has 1 fully saturated rings. The van der Waals surface area contributed by atoms with Gasteiger partial charge in [-0.05, 0) is 26.3 Å². The molecule has 0 aliphatic carbocycles. The van der Waals surface area contributed by atoms with E-state index >= 15 is 0 Å². The second kappa shape index (κ2) is 6.72. The minimum atomic E-state index is -0.608. The Balaban J connectivity index is 2.19. The maximum atomic E-state index is 12.7. The Bertz CT molecular complexity index is 504. The Kier molecular flexibility index (Phi) is 4.96. The van der Waals surface area contributed by atoms with E-state index in [0.717, 1.165) is 5.56 Å². The summed E-state index contributed by atoms with van der Waals surface area (Å²) in [7, 11) is 0. The highest BCUT2D eigenvalue weighted by Crippen LogP contribution is 2.22. The molecule has 1 aromatic rings. The summed E-state index contributed by atoms with van der Waals surface area (Å²) < 4.78 is 5.49. The van der Waals surface area contributed by atoms with Gasteiger partial charge in [0.05, 0.1) is 6.10 Å². The summed E-state index contributed by atoms with van der Waals surface area (Å²) in [6, 6.07) is 8.23. The van der Waals surface area contributed by atoms with Crippen LogP contribution in [0.25, 0.3) is 0 Å². The lowest BCUT2D eigenvalue weighted by Gasteiger charge is -2.38. The first kappa shape index (κ1) is 15.5. The zero-order chi connectivity index (χ0) is 15.4. The summed E-state index contributed by atoms with van der Waals surface area (Å²) >= 11 is 0. The number of piperazine rings is 1. The van der Waals surface area contributed by atoms with Crippen LogP contribution in [0.5, 0.6) is 0 Å². The van der Waals surface area contributed by atoms with Crippen molar-refractivity contribution < 1.29 is 14.3 Å². The van der Waals surface area contributed by atoms with Gasteiger partial charge in [-0.25, -0.2) is 0 Å². The number of carbonyl (C=O) groups is 2. The molecular formula is C16H22N2O3. The third kappa shape index (κ3) is 3.42. The minimum absolute atomic E-state index is 0.0835. The molecule has 5 nitrogen and oxygen atoms in total. The van der Waals surface area contributed by atoms with E-state index in [1.54, 1.807) is 11.8 Å². The SMILES string of the molecule is CCOC(C)CN1C(=O)C(c2ccccc2)NC(=O)C1C. The van der Waals surface area contributed by atoms with Crippen LogP contribution in [-0.4, -0.2) is 42.0 Å². The highest BCUT2D eigenvalue weighted by atomic mass is 16.5. The van der Waals surface area contributed by atoms with Crippen LogP contribution in [0.15, 0.2) is 30.3 Å². The summed E-state index contributed by atoms with van der Waals surface area (Å²) in [5.41, 5.74) is 0.803. The van der Waals surface area contributed by atoms with Crippen LogP contribution >= 0.6 is 0 Å². The molecule has 3 atom stereocenters. The molecule has 2 rings (SSSR count). The largest absolute Gasteiger partial charge is 0.377 e. The fourth-order valence-electron chi connectivity index (χ4n) is 2.56. The van der Waals surface area contributed by atoms with E-state index in [4.69, 9.17) is 4.74 Å². The van der Waals surface area contributed by atoms with Crippen LogP contribution in [0.2, 0.25) is 0 Å². The lowest BCUT2D eigenvalue weighted by molar-refractivity contribution is -0.150. The summed E-state index contributed by atoms with van der Waals surface area (Å²) in [5, 5.41) is 2.80. The van der Waals surface area contributed by atoms with Gasteiger partial charge in [-0.15, -0.1) is 0 Å². The molecule has 5 heteroatoms. The van der Waals surface area contributed by atoms with Crippen molar-refractivity contribution >= 4 is 11.8 Å². The number of nitrogens with zero attached hydrogens (tertiary/aromatic N) is 1. The second-order valence-electron chi connectivity index (χ2n) is 5.28. The van der Waals surface area contributed by atoms with Crippen LogP contribution < -0.4 is 5.32 Å².